The van der Waals surface area contributed by atoms with Gasteiger partial charge in [0, 0.05) is 6.20 Å². The maximum Gasteiger partial charge on any atom is 0.417 e. The Hall–Kier alpha value is -1.14. The van der Waals surface area contributed by atoms with Gasteiger partial charge in [0.05, 0.1) is 17.3 Å². The lowest BCUT2D eigenvalue weighted by molar-refractivity contribution is -0.137. The Morgan fingerprint density at radius 1 is 1.24 bits per heavy atom. The minimum atomic E-state index is -4.36. The summed E-state index contributed by atoms with van der Waals surface area (Å²) in [6.07, 6.45) is -0.326. The summed E-state index contributed by atoms with van der Waals surface area (Å²) in [6, 6.07) is 2.31. The molecule has 4 unspecified atom stereocenters. The molecule has 0 spiro atoms. The molecular formula is C15H22F3N3. The van der Waals surface area contributed by atoms with Crippen molar-refractivity contribution in [2.24, 2.45) is 23.6 Å². The number of nitrogens with two attached hydrogens (primary N) is 1. The van der Waals surface area contributed by atoms with E-state index in [1.165, 1.54) is 6.07 Å². The largest absolute Gasteiger partial charge is 0.417 e. The van der Waals surface area contributed by atoms with Crippen molar-refractivity contribution in [2.75, 3.05) is 0 Å². The number of nitrogens with zero attached hydrogens (tertiary/aromatic N) is 1. The Morgan fingerprint density at radius 2 is 1.95 bits per heavy atom. The molecule has 6 heteroatoms. The zero-order valence-electron chi connectivity index (χ0n) is 12.3. The van der Waals surface area contributed by atoms with Gasteiger partial charge >= 0.3 is 6.18 Å². The predicted octanol–water partition coefficient (Wildman–Crippen LogP) is 3.68. The lowest BCUT2D eigenvalue weighted by Gasteiger charge is -2.36. The molecule has 4 atom stereocenters. The highest BCUT2D eigenvalue weighted by atomic mass is 19.4. The number of hydrogen-bond acceptors (Lipinski definition) is 3. The molecule has 1 aromatic heterocycles. The Bertz CT molecular complexity index is 458. The number of nitrogens with one attached hydrogen (secondary N) is 1. The maximum atomic E-state index is 12.6. The Balaban J connectivity index is 2.14. The van der Waals surface area contributed by atoms with E-state index in [1.807, 2.05) is 0 Å². The predicted molar refractivity (Wildman–Crippen MR) is 75.0 cm³/mol. The zero-order valence-corrected chi connectivity index (χ0v) is 12.3. The van der Waals surface area contributed by atoms with Crippen LogP contribution in [0.1, 0.15) is 50.4 Å². The molecule has 1 aromatic rings. The average molecular weight is 301 g/mol. The molecule has 1 aliphatic carbocycles. The van der Waals surface area contributed by atoms with E-state index in [-0.39, 0.29) is 6.04 Å². The van der Waals surface area contributed by atoms with Crippen molar-refractivity contribution in [3.63, 3.8) is 0 Å². The van der Waals surface area contributed by atoms with Gasteiger partial charge < -0.3 is 0 Å². The monoisotopic (exact) mass is 301 g/mol. The van der Waals surface area contributed by atoms with Gasteiger partial charge in [-0.15, -0.1) is 0 Å². The summed E-state index contributed by atoms with van der Waals surface area (Å²) >= 11 is 0. The molecule has 1 saturated carbocycles. The van der Waals surface area contributed by atoms with E-state index in [1.54, 1.807) is 0 Å². The summed E-state index contributed by atoms with van der Waals surface area (Å²) in [5.41, 5.74) is 2.59. The molecule has 1 heterocycles. The molecule has 0 amide bonds. The second kappa shape index (κ2) is 6.32. The molecule has 0 aliphatic heterocycles. The van der Waals surface area contributed by atoms with Crippen molar-refractivity contribution >= 4 is 0 Å². The van der Waals surface area contributed by atoms with E-state index in [9.17, 15) is 13.2 Å². The number of pyridine rings is 1. The Labute approximate surface area is 123 Å². The number of alkyl halides is 3. The van der Waals surface area contributed by atoms with Crippen LogP contribution in [0.5, 0.6) is 0 Å². The molecule has 0 bridgehead atoms. The lowest BCUT2D eigenvalue weighted by Crippen LogP contribution is -2.37. The Kier molecular flexibility index (Phi) is 4.88. The molecule has 118 valence electrons. The maximum absolute atomic E-state index is 12.6. The topological polar surface area (TPSA) is 50.9 Å². The second-order valence-electron chi connectivity index (χ2n) is 6.14. The van der Waals surface area contributed by atoms with Gasteiger partial charge in [-0.1, -0.05) is 20.3 Å². The SMILES string of the molecule is CC1CCC(C(NN)c2ccc(C(F)(F)F)cn2)CC1C. The van der Waals surface area contributed by atoms with E-state index >= 15 is 0 Å². The van der Waals surface area contributed by atoms with Gasteiger partial charge in [0.2, 0.25) is 0 Å². The van der Waals surface area contributed by atoms with E-state index in [0.717, 1.165) is 31.5 Å². The van der Waals surface area contributed by atoms with Gasteiger partial charge in [0.25, 0.3) is 0 Å². The summed E-state index contributed by atoms with van der Waals surface area (Å²) in [5.74, 6) is 7.21. The van der Waals surface area contributed by atoms with Crippen molar-refractivity contribution in [2.45, 2.75) is 45.3 Å². The van der Waals surface area contributed by atoms with Gasteiger partial charge in [-0.05, 0) is 42.7 Å². The quantitative estimate of drug-likeness (QED) is 0.661. The molecule has 1 aliphatic rings. The normalized spacial score (nSPS) is 28.4. The molecule has 0 saturated heterocycles. The van der Waals surface area contributed by atoms with Gasteiger partial charge in [-0.25, -0.2) is 0 Å². The number of halogens is 3. The number of aromatic nitrogens is 1. The summed E-state index contributed by atoms with van der Waals surface area (Å²) in [4.78, 5) is 3.97. The van der Waals surface area contributed by atoms with Crippen LogP contribution in [0.2, 0.25) is 0 Å². The van der Waals surface area contributed by atoms with Crippen molar-refractivity contribution in [1.29, 1.82) is 0 Å². The summed E-state index contributed by atoms with van der Waals surface area (Å²) in [5, 5.41) is 0. The van der Waals surface area contributed by atoms with Crippen molar-refractivity contribution in [3.05, 3.63) is 29.6 Å². The van der Waals surface area contributed by atoms with Gasteiger partial charge in [-0.3, -0.25) is 16.3 Å². The van der Waals surface area contributed by atoms with E-state index < -0.39 is 11.7 Å². The molecule has 3 N–H and O–H groups in total. The molecule has 0 radical (unpaired) electrons. The summed E-state index contributed by atoms with van der Waals surface area (Å²) in [7, 11) is 0. The van der Waals surface area contributed by atoms with Crippen molar-refractivity contribution in [1.82, 2.24) is 10.4 Å². The number of rotatable bonds is 3. The first-order valence-electron chi connectivity index (χ1n) is 7.32. The lowest BCUT2D eigenvalue weighted by atomic mass is 9.72. The third kappa shape index (κ3) is 3.74. The van der Waals surface area contributed by atoms with Crippen LogP contribution in [0, 0.1) is 17.8 Å². The van der Waals surface area contributed by atoms with Crippen LogP contribution in [0.3, 0.4) is 0 Å². The highest BCUT2D eigenvalue weighted by Gasteiger charge is 2.33. The third-order valence-corrected chi connectivity index (χ3v) is 4.72. The first-order valence-corrected chi connectivity index (χ1v) is 7.32. The minimum Gasteiger partial charge on any atom is -0.271 e. The second-order valence-corrected chi connectivity index (χ2v) is 6.14. The zero-order chi connectivity index (χ0) is 15.6. The van der Waals surface area contributed by atoms with E-state index in [4.69, 9.17) is 5.84 Å². The summed E-state index contributed by atoms with van der Waals surface area (Å²) < 4.78 is 37.7. The highest BCUT2D eigenvalue weighted by Crippen LogP contribution is 2.39. The van der Waals surface area contributed by atoms with Crippen LogP contribution in [0.25, 0.3) is 0 Å². The fraction of sp³-hybridized carbons (Fsp3) is 0.667. The first kappa shape index (κ1) is 16.2. The third-order valence-electron chi connectivity index (χ3n) is 4.72. The number of hydrazine groups is 1. The van der Waals surface area contributed by atoms with Crippen LogP contribution in [-0.2, 0) is 6.18 Å². The molecule has 2 rings (SSSR count). The minimum absolute atomic E-state index is 0.192. The standard InChI is InChI=1S/C15H22F3N3/c1-9-3-4-11(7-10(9)2)14(21-19)13-6-5-12(8-20-13)15(16,17)18/h5-6,8-11,14,21H,3-4,7,19H2,1-2H3. The molecule has 1 fully saturated rings. The highest BCUT2D eigenvalue weighted by molar-refractivity contribution is 5.19. The fourth-order valence-electron chi connectivity index (χ4n) is 3.11. The van der Waals surface area contributed by atoms with E-state index in [2.05, 4.69) is 24.3 Å². The van der Waals surface area contributed by atoms with Crippen LogP contribution in [-0.4, -0.2) is 4.98 Å². The van der Waals surface area contributed by atoms with Gasteiger partial charge in [-0.2, -0.15) is 13.2 Å². The van der Waals surface area contributed by atoms with Crippen LogP contribution < -0.4 is 11.3 Å². The molecule has 0 aromatic carbocycles. The molecular weight excluding hydrogens is 279 g/mol. The van der Waals surface area contributed by atoms with E-state index in [0.29, 0.717) is 23.4 Å². The molecule has 3 nitrogen and oxygen atoms in total. The summed E-state index contributed by atoms with van der Waals surface area (Å²) in [6.45, 7) is 4.45. The van der Waals surface area contributed by atoms with Crippen molar-refractivity contribution < 1.29 is 13.2 Å². The molecule has 21 heavy (non-hydrogen) atoms. The smallest absolute Gasteiger partial charge is 0.271 e. The average Bonchev–Trinajstić information content (AvgIpc) is 2.43. The van der Waals surface area contributed by atoms with Gasteiger partial charge in [0.1, 0.15) is 0 Å². The fourth-order valence-corrected chi connectivity index (χ4v) is 3.11. The van der Waals surface area contributed by atoms with Gasteiger partial charge in [0.15, 0.2) is 0 Å². The van der Waals surface area contributed by atoms with Crippen LogP contribution in [0.4, 0.5) is 13.2 Å². The van der Waals surface area contributed by atoms with Crippen molar-refractivity contribution in [3.8, 4) is 0 Å². The first-order chi connectivity index (χ1) is 9.82. The van der Waals surface area contributed by atoms with Crippen LogP contribution >= 0.6 is 0 Å². The van der Waals surface area contributed by atoms with Crippen LogP contribution in [0.15, 0.2) is 18.3 Å². The number of hydrogen-bond donors (Lipinski definition) is 2. The Morgan fingerprint density at radius 3 is 2.43 bits per heavy atom.